The predicted octanol–water partition coefficient (Wildman–Crippen LogP) is 5.72. The zero-order valence-electron chi connectivity index (χ0n) is 18.5. The van der Waals surface area contributed by atoms with Crippen LogP contribution >= 0.6 is 0 Å². The highest BCUT2D eigenvalue weighted by Crippen LogP contribution is 2.37. The number of hydrogen-bond donors (Lipinski definition) is 1. The molecule has 162 valence electrons. The fraction of sp³-hybridized carbons (Fsp3) is 0.750. The van der Waals surface area contributed by atoms with Gasteiger partial charge in [-0.2, -0.15) is 0 Å². The van der Waals surface area contributed by atoms with Crippen molar-refractivity contribution in [2.24, 2.45) is 5.92 Å². The summed E-state index contributed by atoms with van der Waals surface area (Å²) in [7, 11) is 0. The Hall–Kier alpha value is -1.78. The van der Waals surface area contributed by atoms with Crippen LogP contribution in [0.25, 0.3) is 0 Å². The molecule has 29 heavy (non-hydrogen) atoms. The van der Waals surface area contributed by atoms with Crippen molar-refractivity contribution in [2.45, 2.75) is 90.9 Å². The van der Waals surface area contributed by atoms with Gasteiger partial charge in [-0.05, 0) is 45.4 Å². The van der Waals surface area contributed by atoms with E-state index in [0.717, 1.165) is 55.2 Å². The van der Waals surface area contributed by atoms with Crippen LogP contribution in [0.3, 0.4) is 0 Å². The van der Waals surface area contributed by atoms with E-state index >= 15 is 0 Å². The number of carbonyl (C=O) groups is 1. The number of ether oxygens (including phenoxy) is 1. The first-order valence-corrected chi connectivity index (χ1v) is 11.9. The Labute approximate surface area is 176 Å². The number of anilines is 2. The monoisotopic (exact) mass is 401 g/mol. The summed E-state index contributed by atoms with van der Waals surface area (Å²) in [6, 6.07) is 0. The number of hydrogen-bond acceptors (Lipinski definition) is 4. The van der Waals surface area contributed by atoms with E-state index in [4.69, 9.17) is 4.74 Å². The minimum absolute atomic E-state index is 0.124. The zero-order valence-corrected chi connectivity index (χ0v) is 18.5. The van der Waals surface area contributed by atoms with E-state index < -0.39 is 0 Å². The van der Waals surface area contributed by atoms with Crippen molar-refractivity contribution in [3.05, 3.63) is 11.8 Å². The number of pyridine rings is 1. The van der Waals surface area contributed by atoms with Crippen molar-refractivity contribution < 1.29 is 9.53 Å². The molecule has 3 rings (SSSR count). The molecule has 0 spiro atoms. The Balaban J connectivity index is 1.85. The summed E-state index contributed by atoms with van der Waals surface area (Å²) in [6.07, 6.45) is 15.8. The van der Waals surface area contributed by atoms with Crippen LogP contribution < -0.4 is 15.0 Å². The van der Waals surface area contributed by atoms with Gasteiger partial charge in [0.1, 0.15) is 0 Å². The Morgan fingerprint density at radius 3 is 2.28 bits per heavy atom. The van der Waals surface area contributed by atoms with Gasteiger partial charge in [0, 0.05) is 24.6 Å². The summed E-state index contributed by atoms with van der Waals surface area (Å²) in [6.45, 7) is 6.82. The molecule has 0 bridgehead atoms. The van der Waals surface area contributed by atoms with Gasteiger partial charge in [0.25, 0.3) is 0 Å². The minimum Gasteiger partial charge on any atom is -0.478 e. The highest BCUT2D eigenvalue weighted by Gasteiger charge is 2.25. The lowest BCUT2D eigenvalue weighted by Gasteiger charge is -2.33. The molecule has 0 atom stereocenters. The first-order valence-electron chi connectivity index (χ1n) is 11.9. The maximum atomic E-state index is 13.2. The molecule has 1 saturated heterocycles. The van der Waals surface area contributed by atoms with Gasteiger partial charge in [-0.25, -0.2) is 4.98 Å². The molecule has 2 aliphatic rings. The van der Waals surface area contributed by atoms with Gasteiger partial charge in [-0.15, -0.1) is 0 Å². The SMILES string of the molecule is CCOc1ncc(NC(=O)C2CCCCCCCC2)c(N2CCCCC2)c1CC. The Bertz CT molecular complexity index is 646. The number of piperidine rings is 1. The normalized spacial score (nSPS) is 19.2. The molecule has 1 saturated carbocycles. The first kappa shape index (κ1) is 21.9. The molecular weight excluding hydrogens is 362 g/mol. The Morgan fingerprint density at radius 1 is 1.03 bits per heavy atom. The minimum atomic E-state index is 0.124. The molecule has 1 aromatic heterocycles. The van der Waals surface area contributed by atoms with E-state index in [1.807, 2.05) is 13.1 Å². The lowest BCUT2D eigenvalue weighted by molar-refractivity contribution is -0.120. The van der Waals surface area contributed by atoms with Crippen LogP contribution in [0.5, 0.6) is 5.88 Å². The van der Waals surface area contributed by atoms with Crippen molar-refractivity contribution in [1.29, 1.82) is 0 Å². The highest BCUT2D eigenvalue weighted by atomic mass is 16.5. The smallest absolute Gasteiger partial charge is 0.227 e. The van der Waals surface area contributed by atoms with E-state index in [1.165, 1.54) is 57.8 Å². The van der Waals surface area contributed by atoms with Crippen LogP contribution in [0.2, 0.25) is 0 Å². The standard InChI is InChI=1S/C24H39N3O2/c1-3-20-22(27-16-12-9-13-17-27)21(18-25-24(20)29-4-2)26-23(28)19-14-10-7-5-6-8-11-15-19/h18-19H,3-17H2,1-2H3,(H,26,28). The molecule has 2 fully saturated rings. The summed E-state index contributed by atoms with van der Waals surface area (Å²) in [4.78, 5) is 20.2. The number of nitrogens with one attached hydrogen (secondary N) is 1. The number of nitrogens with zero attached hydrogens (tertiary/aromatic N) is 2. The second-order valence-corrected chi connectivity index (χ2v) is 8.52. The fourth-order valence-electron chi connectivity index (χ4n) is 4.81. The van der Waals surface area contributed by atoms with Gasteiger partial charge >= 0.3 is 0 Å². The number of rotatable bonds is 6. The van der Waals surface area contributed by atoms with Crippen LogP contribution in [0.4, 0.5) is 11.4 Å². The molecule has 1 amide bonds. The van der Waals surface area contributed by atoms with E-state index in [9.17, 15) is 4.79 Å². The van der Waals surface area contributed by atoms with Crippen LogP contribution in [0, 0.1) is 5.92 Å². The summed E-state index contributed by atoms with van der Waals surface area (Å²) < 4.78 is 5.83. The van der Waals surface area contributed by atoms with Crippen LogP contribution in [-0.2, 0) is 11.2 Å². The van der Waals surface area contributed by atoms with Crippen molar-refractivity contribution in [1.82, 2.24) is 4.98 Å². The molecular formula is C24H39N3O2. The third-order valence-electron chi connectivity index (χ3n) is 6.40. The largest absolute Gasteiger partial charge is 0.478 e. The molecule has 1 aliphatic heterocycles. The van der Waals surface area contributed by atoms with Gasteiger partial charge in [0.2, 0.25) is 11.8 Å². The summed E-state index contributed by atoms with van der Waals surface area (Å²) in [5, 5.41) is 3.29. The van der Waals surface area contributed by atoms with Crippen molar-refractivity contribution in [3.8, 4) is 5.88 Å². The molecule has 0 unspecified atom stereocenters. The van der Waals surface area contributed by atoms with Gasteiger partial charge in [0.15, 0.2) is 0 Å². The topological polar surface area (TPSA) is 54.5 Å². The second kappa shape index (κ2) is 11.4. The zero-order chi connectivity index (χ0) is 20.5. The summed E-state index contributed by atoms with van der Waals surface area (Å²) in [5.41, 5.74) is 3.14. The average molecular weight is 402 g/mol. The maximum Gasteiger partial charge on any atom is 0.227 e. The molecule has 1 aromatic rings. The van der Waals surface area contributed by atoms with Crippen LogP contribution in [0.1, 0.15) is 90.0 Å². The van der Waals surface area contributed by atoms with Crippen LogP contribution in [-0.4, -0.2) is 30.6 Å². The fourth-order valence-corrected chi connectivity index (χ4v) is 4.81. The highest BCUT2D eigenvalue weighted by molar-refractivity contribution is 5.96. The van der Waals surface area contributed by atoms with Crippen molar-refractivity contribution in [2.75, 3.05) is 29.9 Å². The molecule has 0 radical (unpaired) electrons. The summed E-state index contributed by atoms with van der Waals surface area (Å²) in [5.74, 6) is 1.02. The van der Waals surface area contributed by atoms with Gasteiger partial charge in [-0.1, -0.05) is 45.4 Å². The van der Waals surface area contributed by atoms with E-state index in [2.05, 4.69) is 22.1 Å². The number of carbonyl (C=O) groups excluding carboxylic acids is 1. The molecule has 5 heteroatoms. The van der Waals surface area contributed by atoms with Crippen molar-refractivity contribution >= 4 is 17.3 Å². The van der Waals surface area contributed by atoms with Gasteiger partial charge < -0.3 is 15.0 Å². The lowest BCUT2D eigenvalue weighted by Crippen LogP contribution is -2.32. The average Bonchev–Trinajstić information content (AvgIpc) is 2.89. The third kappa shape index (κ3) is 5.86. The molecule has 2 heterocycles. The molecule has 0 aromatic carbocycles. The van der Waals surface area contributed by atoms with Gasteiger partial charge in [0.05, 0.1) is 24.2 Å². The third-order valence-corrected chi connectivity index (χ3v) is 6.40. The molecule has 1 N–H and O–H groups in total. The van der Waals surface area contributed by atoms with E-state index in [1.54, 1.807) is 0 Å². The number of aromatic nitrogens is 1. The quantitative estimate of drug-likeness (QED) is 0.662. The van der Waals surface area contributed by atoms with Gasteiger partial charge in [-0.3, -0.25) is 4.79 Å². The number of amides is 1. The van der Waals surface area contributed by atoms with Crippen LogP contribution in [0.15, 0.2) is 6.20 Å². The second-order valence-electron chi connectivity index (χ2n) is 8.52. The molecule has 1 aliphatic carbocycles. The van der Waals surface area contributed by atoms with E-state index in [-0.39, 0.29) is 11.8 Å². The Kier molecular flexibility index (Phi) is 8.63. The predicted molar refractivity (Wildman–Crippen MR) is 120 cm³/mol. The van der Waals surface area contributed by atoms with Crippen molar-refractivity contribution in [3.63, 3.8) is 0 Å². The lowest BCUT2D eigenvalue weighted by atomic mass is 9.96. The maximum absolute atomic E-state index is 13.2. The Morgan fingerprint density at radius 2 is 1.66 bits per heavy atom. The van der Waals surface area contributed by atoms with E-state index in [0.29, 0.717) is 6.61 Å². The molecule has 5 nitrogen and oxygen atoms in total. The first-order chi connectivity index (χ1) is 14.2. The summed E-state index contributed by atoms with van der Waals surface area (Å²) >= 11 is 0.